The van der Waals surface area contributed by atoms with Crippen LogP contribution < -0.4 is 10.6 Å². The minimum Gasteiger partial charge on any atom is -0.354 e. The van der Waals surface area contributed by atoms with Crippen LogP contribution in [0, 0.1) is 5.92 Å². The highest BCUT2D eigenvalue weighted by Crippen LogP contribution is 2.30. The number of aryl methyl sites for hydroxylation is 1. The Labute approximate surface area is 128 Å². The zero-order valence-electron chi connectivity index (χ0n) is 13.5. The monoisotopic (exact) mass is 288 g/mol. The van der Waals surface area contributed by atoms with Crippen LogP contribution in [0.3, 0.4) is 0 Å². The van der Waals surface area contributed by atoms with Crippen molar-refractivity contribution in [2.45, 2.75) is 52.0 Å². The van der Waals surface area contributed by atoms with Crippen LogP contribution in [0.1, 0.15) is 50.7 Å². The van der Waals surface area contributed by atoms with Gasteiger partial charge in [0, 0.05) is 13.1 Å². The third-order valence-corrected chi connectivity index (χ3v) is 4.24. The van der Waals surface area contributed by atoms with Gasteiger partial charge in [0.1, 0.15) is 0 Å². The molecule has 2 N–H and O–H groups in total. The molecule has 21 heavy (non-hydrogen) atoms. The lowest BCUT2D eigenvalue weighted by Crippen LogP contribution is -2.44. The molecule has 0 bridgehead atoms. The summed E-state index contributed by atoms with van der Waals surface area (Å²) >= 11 is 0. The van der Waals surface area contributed by atoms with Crippen molar-refractivity contribution in [2.75, 3.05) is 13.1 Å². The average molecular weight is 288 g/mol. The normalized spacial score (nSPS) is 19.1. The van der Waals surface area contributed by atoms with E-state index >= 15 is 0 Å². The Morgan fingerprint density at radius 3 is 2.81 bits per heavy atom. The number of rotatable bonds is 6. The molecule has 0 saturated heterocycles. The van der Waals surface area contributed by atoms with Gasteiger partial charge in [0.05, 0.1) is 6.04 Å². The fourth-order valence-electron chi connectivity index (χ4n) is 2.94. The number of hydrogen-bond acceptors (Lipinski definition) is 2. The summed E-state index contributed by atoms with van der Waals surface area (Å²) in [6.07, 6.45) is 3.65. The summed E-state index contributed by atoms with van der Waals surface area (Å²) in [5.41, 5.74) is 2.94. The smallest absolute Gasteiger partial charge is 0.236 e. The topological polar surface area (TPSA) is 41.1 Å². The van der Waals surface area contributed by atoms with Crippen LogP contribution in [0.15, 0.2) is 24.3 Å². The van der Waals surface area contributed by atoms with Crippen LogP contribution in [0.5, 0.6) is 0 Å². The molecule has 1 aromatic carbocycles. The predicted octanol–water partition coefficient (Wildman–Crippen LogP) is 2.86. The Balaban J connectivity index is 1.85. The summed E-state index contributed by atoms with van der Waals surface area (Å²) in [7, 11) is 0. The quantitative estimate of drug-likeness (QED) is 0.845. The van der Waals surface area contributed by atoms with E-state index in [-0.39, 0.29) is 11.9 Å². The molecule has 0 fully saturated rings. The van der Waals surface area contributed by atoms with Gasteiger partial charge in [-0.3, -0.25) is 4.79 Å². The molecular formula is C18H28N2O. The number of carbonyl (C=O) groups excluding carboxylic acids is 1. The predicted molar refractivity (Wildman–Crippen MR) is 87.4 cm³/mol. The zero-order chi connectivity index (χ0) is 15.2. The molecule has 2 atom stereocenters. The number of hydrogen-bond donors (Lipinski definition) is 2. The van der Waals surface area contributed by atoms with Crippen molar-refractivity contribution < 1.29 is 4.79 Å². The van der Waals surface area contributed by atoms with Crippen LogP contribution in [0.25, 0.3) is 0 Å². The van der Waals surface area contributed by atoms with E-state index in [1.54, 1.807) is 0 Å². The summed E-state index contributed by atoms with van der Waals surface area (Å²) in [6, 6.07) is 8.59. The van der Waals surface area contributed by atoms with Gasteiger partial charge in [-0.2, -0.15) is 0 Å². The van der Waals surface area contributed by atoms with Crippen LogP contribution in [0.4, 0.5) is 0 Å². The maximum atomic E-state index is 12.0. The number of carbonyl (C=O) groups is 1. The third-order valence-electron chi connectivity index (χ3n) is 4.24. The largest absolute Gasteiger partial charge is 0.354 e. The number of amides is 1. The van der Waals surface area contributed by atoms with Gasteiger partial charge in [-0.05, 0) is 49.1 Å². The molecule has 0 radical (unpaired) electrons. The molecule has 3 heteroatoms. The molecule has 2 rings (SSSR count). The first-order valence-corrected chi connectivity index (χ1v) is 8.16. The molecule has 0 saturated carbocycles. The fraction of sp³-hybridized carbons (Fsp3) is 0.611. The SMILES string of the molecule is CC(C)CNC(=O)C(C)NCC1CCCc2ccccc21. The van der Waals surface area contributed by atoms with E-state index in [1.807, 2.05) is 6.92 Å². The Hall–Kier alpha value is -1.35. The molecule has 116 valence electrons. The molecule has 0 aromatic heterocycles. The van der Waals surface area contributed by atoms with Gasteiger partial charge in [-0.15, -0.1) is 0 Å². The van der Waals surface area contributed by atoms with E-state index in [4.69, 9.17) is 0 Å². The molecule has 1 amide bonds. The average Bonchev–Trinajstić information content (AvgIpc) is 2.50. The van der Waals surface area contributed by atoms with Crippen molar-refractivity contribution >= 4 is 5.91 Å². The maximum Gasteiger partial charge on any atom is 0.236 e. The highest BCUT2D eigenvalue weighted by molar-refractivity contribution is 5.81. The molecule has 0 heterocycles. The van der Waals surface area contributed by atoms with Crippen molar-refractivity contribution in [3.05, 3.63) is 35.4 Å². The first-order valence-electron chi connectivity index (χ1n) is 8.16. The van der Waals surface area contributed by atoms with Crippen LogP contribution in [-0.2, 0) is 11.2 Å². The summed E-state index contributed by atoms with van der Waals surface area (Å²) in [6.45, 7) is 7.80. The highest BCUT2D eigenvalue weighted by Gasteiger charge is 2.21. The van der Waals surface area contributed by atoms with Crippen molar-refractivity contribution in [2.24, 2.45) is 5.92 Å². The summed E-state index contributed by atoms with van der Waals surface area (Å²) < 4.78 is 0. The Morgan fingerprint density at radius 1 is 1.29 bits per heavy atom. The first kappa shape index (κ1) is 16.0. The van der Waals surface area contributed by atoms with E-state index in [1.165, 1.54) is 30.4 Å². The Bertz CT molecular complexity index is 470. The van der Waals surface area contributed by atoms with Crippen molar-refractivity contribution in [1.29, 1.82) is 0 Å². The Kier molecular flexibility index (Phi) is 5.80. The van der Waals surface area contributed by atoms with E-state index < -0.39 is 0 Å². The molecule has 0 spiro atoms. The second-order valence-corrected chi connectivity index (χ2v) is 6.56. The molecule has 1 aromatic rings. The zero-order valence-corrected chi connectivity index (χ0v) is 13.5. The molecule has 2 unspecified atom stereocenters. The Morgan fingerprint density at radius 2 is 2.05 bits per heavy atom. The van der Waals surface area contributed by atoms with Gasteiger partial charge in [0.25, 0.3) is 0 Å². The summed E-state index contributed by atoms with van der Waals surface area (Å²) in [5, 5.41) is 6.39. The van der Waals surface area contributed by atoms with Gasteiger partial charge >= 0.3 is 0 Å². The van der Waals surface area contributed by atoms with Crippen molar-refractivity contribution in [3.8, 4) is 0 Å². The van der Waals surface area contributed by atoms with Gasteiger partial charge in [-0.25, -0.2) is 0 Å². The van der Waals surface area contributed by atoms with Crippen LogP contribution >= 0.6 is 0 Å². The molecule has 0 aliphatic heterocycles. The van der Waals surface area contributed by atoms with Crippen molar-refractivity contribution in [1.82, 2.24) is 10.6 Å². The summed E-state index contributed by atoms with van der Waals surface area (Å²) in [5.74, 6) is 1.13. The molecular weight excluding hydrogens is 260 g/mol. The van der Waals surface area contributed by atoms with E-state index in [9.17, 15) is 4.79 Å². The van der Waals surface area contributed by atoms with Crippen molar-refractivity contribution in [3.63, 3.8) is 0 Å². The number of nitrogens with one attached hydrogen (secondary N) is 2. The maximum absolute atomic E-state index is 12.0. The van der Waals surface area contributed by atoms with Gasteiger partial charge in [-0.1, -0.05) is 38.1 Å². The standard InChI is InChI=1S/C18H28N2O/c1-13(2)11-20-18(21)14(3)19-12-16-9-6-8-15-7-4-5-10-17(15)16/h4-5,7,10,13-14,16,19H,6,8-9,11-12H2,1-3H3,(H,20,21). The minimum absolute atomic E-state index is 0.104. The van der Waals surface area contributed by atoms with Gasteiger partial charge in [0.15, 0.2) is 0 Å². The fourth-order valence-corrected chi connectivity index (χ4v) is 2.94. The number of fused-ring (bicyclic) bond motifs is 1. The van der Waals surface area contributed by atoms with E-state index in [0.29, 0.717) is 11.8 Å². The first-order chi connectivity index (χ1) is 10.1. The highest BCUT2D eigenvalue weighted by atomic mass is 16.2. The second-order valence-electron chi connectivity index (χ2n) is 6.56. The molecule has 1 aliphatic carbocycles. The molecule has 3 nitrogen and oxygen atoms in total. The summed E-state index contributed by atoms with van der Waals surface area (Å²) in [4.78, 5) is 12.0. The minimum atomic E-state index is -0.127. The van der Waals surface area contributed by atoms with Crippen LogP contribution in [0.2, 0.25) is 0 Å². The molecule has 1 aliphatic rings. The third kappa shape index (κ3) is 4.57. The van der Waals surface area contributed by atoms with E-state index in [2.05, 4.69) is 48.7 Å². The van der Waals surface area contributed by atoms with E-state index in [0.717, 1.165) is 13.1 Å². The second kappa shape index (κ2) is 7.60. The lowest BCUT2D eigenvalue weighted by Gasteiger charge is -2.27. The number of benzene rings is 1. The lowest BCUT2D eigenvalue weighted by molar-refractivity contribution is -0.122. The van der Waals surface area contributed by atoms with Gasteiger partial charge < -0.3 is 10.6 Å². The lowest BCUT2D eigenvalue weighted by atomic mass is 9.83. The van der Waals surface area contributed by atoms with Crippen LogP contribution in [-0.4, -0.2) is 25.0 Å². The van der Waals surface area contributed by atoms with Gasteiger partial charge in [0.2, 0.25) is 5.91 Å².